The zero-order valence-electron chi connectivity index (χ0n) is 10.9. The maximum atomic E-state index is 11.8. The van der Waals surface area contributed by atoms with E-state index in [4.69, 9.17) is 0 Å². The van der Waals surface area contributed by atoms with Gasteiger partial charge in [-0.25, -0.2) is 0 Å². The molecule has 3 nitrogen and oxygen atoms in total. The number of nitrogens with zero attached hydrogens (tertiary/aromatic N) is 2. The van der Waals surface area contributed by atoms with Crippen LogP contribution in [0.1, 0.15) is 12.5 Å². The fraction of sp³-hybridized carbons (Fsp3) is 0.200. The normalized spacial score (nSPS) is 17.6. The number of thioether (sulfide) groups is 1. The van der Waals surface area contributed by atoms with E-state index in [-0.39, 0.29) is 5.91 Å². The second-order valence-corrected chi connectivity index (χ2v) is 6.24. The molecule has 20 heavy (non-hydrogen) atoms. The molecule has 2 aromatic rings. The van der Waals surface area contributed by atoms with Crippen LogP contribution < -0.4 is 0 Å². The third-order valence-electron chi connectivity index (χ3n) is 3.27. The maximum Gasteiger partial charge on any atom is 0.237 e. The number of carbonyl (C=O) groups excluding carboxylic acids is 1. The van der Waals surface area contributed by atoms with Crippen LogP contribution in [0.15, 0.2) is 34.7 Å². The predicted octanol–water partition coefficient (Wildman–Crippen LogP) is 3.69. The number of amides is 1. The highest BCUT2D eigenvalue weighted by atomic mass is 32.2. The van der Waals surface area contributed by atoms with Crippen LogP contribution in [0.2, 0.25) is 0 Å². The first-order valence-corrected chi connectivity index (χ1v) is 8.17. The summed E-state index contributed by atoms with van der Waals surface area (Å²) in [5.74, 6) is 0.510. The molecule has 3 rings (SSSR count). The van der Waals surface area contributed by atoms with E-state index < -0.39 is 0 Å². The number of benzene rings is 1. The third-order valence-corrected chi connectivity index (χ3v) is 5.32. The molecule has 1 amide bonds. The number of rotatable bonds is 2. The smallest absolute Gasteiger partial charge is 0.237 e. The predicted molar refractivity (Wildman–Crippen MR) is 84.2 cm³/mol. The summed E-state index contributed by atoms with van der Waals surface area (Å²) < 4.78 is 1.16. The monoisotopic (exact) mass is 300 g/mol. The van der Waals surface area contributed by atoms with Crippen LogP contribution in [0.4, 0.5) is 0 Å². The Balaban J connectivity index is 2.20. The summed E-state index contributed by atoms with van der Waals surface area (Å²) in [5.41, 5.74) is 1.55. The van der Waals surface area contributed by atoms with Crippen molar-refractivity contribution >= 4 is 44.7 Å². The summed E-state index contributed by atoms with van der Waals surface area (Å²) in [6.45, 7) is 2.54. The van der Waals surface area contributed by atoms with E-state index in [9.17, 15) is 10.1 Å². The fourth-order valence-electron chi connectivity index (χ4n) is 2.32. The minimum atomic E-state index is 0.0831. The van der Waals surface area contributed by atoms with E-state index in [0.717, 1.165) is 20.7 Å². The molecular formula is C15H12N2OS2. The first kappa shape index (κ1) is 13.2. The Kier molecular flexibility index (Phi) is 3.51. The Bertz CT molecular complexity index is 755. The van der Waals surface area contributed by atoms with Gasteiger partial charge in [-0.1, -0.05) is 30.0 Å². The molecule has 1 fully saturated rings. The summed E-state index contributed by atoms with van der Waals surface area (Å²) in [4.78, 5) is 13.5. The third kappa shape index (κ3) is 2.01. The first-order valence-electron chi connectivity index (χ1n) is 6.30. The lowest BCUT2D eigenvalue weighted by Gasteiger charge is -2.15. The number of hydrogen-bond acceptors (Lipinski definition) is 4. The van der Waals surface area contributed by atoms with Crippen molar-refractivity contribution in [2.75, 3.05) is 12.3 Å². The molecule has 1 aliphatic heterocycles. The summed E-state index contributed by atoms with van der Waals surface area (Å²) >= 11 is 3.09. The number of carbonyl (C=O) groups is 1. The van der Waals surface area contributed by atoms with Crippen molar-refractivity contribution in [3.05, 3.63) is 40.2 Å². The molecule has 0 unspecified atom stereocenters. The number of thiophene rings is 1. The van der Waals surface area contributed by atoms with E-state index in [1.54, 1.807) is 16.2 Å². The second-order valence-electron chi connectivity index (χ2n) is 4.36. The standard InChI is InChI=1S/C15H12N2OS2/c1-2-17-14(18)9-20-15(17)11(7-16)12-8-19-13-6-4-3-5-10(12)13/h3-6,8H,2,9H2,1H3. The van der Waals surface area contributed by atoms with Gasteiger partial charge in [0.25, 0.3) is 0 Å². The van der Waals surface area contributed by atoms with Crippen LogP contribution in [-0.2, 0) is 4.79 Å². The van der Waals surface area contributed by atoms with Gasteiger partial charge in [-0.15, -0.1) is 11.3 Å². The van der Waals surface area contributed by atoms with Crippen LogP contribution in [0, 0.1) is 11.3 Å². The van der Waals surface area contributed by atoms with Gasteiger partial charge < -0.3 is 4.90 Å². The van der Waals surface area contributed by atoms with Crippen LogP contribution in [-0.4, -0.2) is 23.1 Å². The van der Waals surface area contributed by atoms with E-state index in [1.807, 2.05) is 36.6 Å². The molecule has 0 saturated carbocycles. The Morgan fingerprint density at radius 2 is 2.25 bits per heavy atom. The number of allylic oxidation sites excluding steroid dienone is 1. The molecule has 1 aromatic carbocycles. The molecule has 0 spiro atoms. The van der Waals surface area contributed by atoms with Gasteiger partial charge in [-0.2, -0.15) is 5.26 Å². The largest absolute Gasteiger partial charge is 0.305 e. The topological polar surface area (TPSA) is 44.1 Å². The Morgan fingerprint density at radius 1 is 1.45 bits per heavy atom. The lowest BCUT2D eigenvalue weighted by atomic mass is 10.1. The van der Waals surface area contributed by atoms with Gasteiger partial charge in [-0.05, 0) is 13.0 Å². The molecule has 0 atom stereocenters. The quantitative estimate of drug-likeness (QED) is 0.795. The van der Waals surface area contributed by atoms with Gasteiger partial charge >= 0.3 is 0 Å². The van der Waals surface area contributed by atoms with Crippen molar-refractivity contribution in [2.45, 2.75) is 6.92 Å². The highest BCUT2D eigenvalue weighted by Crippen LogP contribution is 2.39. The molecule has 1 aromatic heterocycles. The van der Waals surface area contributed by atoms with Crippen molar-refractivity contribution in [3.8, 4) is 6.07 Å². The molecule has 0 aliphatic carbocycles. The zero-order valence-corrected chi connectivity index (χ0v) is 12.6. The van der Waals surface area contributed by atoms with Crippen molar-refractivity contribution in [1.29, 1.82) is 5.26 Å². The Labute approximate surface area is 125 Å². The Morgan fingerprint density at radius 3 is 3.00 bits per heavy atom. The SMILES string of the molecule is CCN1C(=O)CSC1=C(C#N)c1csc2ccccc12. The Hall–Kier alpha value is -1.77. The van der Waals surface area contributed by atoms with E-state index in [1.165, 1.54) is 11.8 Å². The van der Waals surface area contributed by atoms with Gasteiger partial charge in [-0.3, -0.25) is 4.79 Å². The number of nitriles is 1. The van der Waals surface area contributed by atoms with Crippen LogP contribution in [0.25, 0.3) is 15.7 Å². The van der Waals surface area contributed by atoms with E-state index in [2.05, 4.69) is 6.07 Å². The van der Waals surface area contributed by atoms with Gasteiger partial charge in [0, 0.05) is 27.6 Å². The maximum absolute atomic E-state index is 11.8. The van der Waals surface area contributed by atoms with Gasteiger partial charge in [0.15, 0.2) is 0 Å². The molecule has 0 radical (unpaired) electrons. The lowest BCUT2D eigenvalue weighted by molar-refractivity contribution is -0.125. The zero-order chi connectivity index (χ0) is 14.1. The molecule has 2 heterocycles. The van der Waals surface area contributed by atoms with Crippen LogP contribution in [0.5, 0.6) is 0 Å². The fourth-order valence-corrected chi connectivity index (χ4v) is 4.38. The highest BCUT2D eigenvalue weighted by molar-refractivity contribution is 8.04. The molecule has 5 heteroatoms. The average Bonchev–Trinajstić information content (AvgIpc) is 3.05. The average molecular weight is 300 g/mol. The molecule has 1 aliphatic rings. The number of fused-ring (bicyclic) bond motifs is 1. The molecule has 100 valence electrons. The summed E-state index contributed by atoms with van der Waals surface area (Å²) in [6, 6.07) is 10.3. The summed E-state index contributed by atoms with van der Waals surface area (Å²) in [7, 11) is 0. The van der Waals surface area contributed by atoms with E-state index in [0.29, 0.717) is 17.9 Å². The minimum absolute atomic E-state index is 0.0831. The van der Waals surface area contributed by atoms with Crippen molar-refractivity contribution in [3.63, 3.8) is 0 Å². The molecule has 0 N–H and O–H groups in total. The van der Waals surface area contributed by atoms with E-state index >= 15 is 0 Å². The van der Waals surface area contributed by atoms with Gasteiger partial charge in [0.05, 0.1) is 16.4 Å². The van der Waals surface area contributed by atoms with Crippen LogP contribution >= 0.6 is 23.1 Å². The van der Waals surface area contributed by atoms with Gasteiger partial charge in [0.1, 0.15) is 6.07 Å². The molecule has 0 bridgehead atoms. The first-order chi connectivity index (χ1) is 9.76. The van der Waals surface area contributed by atoms with Crippen molar-refractivity contribution in [2.24, 2.45) is 0 Å². The minimum Gasteiger partial charge on any atom is -0.305 e. The van der Waals surface area contributed by atoms with Crippen molar-refractivity contribution in [1.82, 2.24) is 4.90 Å². The summed E-state index contributed by atoms with van der Waals surface area (Å²) in [6.07, 6.45) is 0. The lowest BCUT2D eigenvalue weighted by Crippen LogP contribution is -2.24. The van der Waals surface area contributed by atoms with Crippen molar-refractivity contribution < 1.29 is 4.79 Å². The highest BCUT2D eigenvalue weighted by Gasteiger charge is 2.29. The summed E-state index contributed by atoms with van der Waals surface area (Å²) in [5, 5.41) is 13.4. The molecule has 1 saturated heterocycles. The van der Waals surface area contributed by atoms with Crippen LogP contribution in [0.3, 0.4) is 0 Å². The van der Waals surface area contributed by atoms with Gasteiger partial charge in [0.2, 0.25) is 5.91 Å². The second kappa shape index (κ2) is 5.31. The number of hydrogen-bond donors (Lipinski definition) is 0. The molecular weight excluding hydrogens is 288 g/mol.